The van der Waals surface area contributed by atoms with Gasteiger partial charge in [-0.3, -0.25) is 4.99 Å². The highest BCUT2D eigenvalue weighted by atomic mass is 19.2. The van der Waals surface area contributed by atoms with Crippen LogP contribution in [0.3, 0.4) is 0 Å². The van der Waals surface area contributed by atoms with E-state index in [4.69, 9.17) is 4.74 Å². The van der Waals surface area contributed by atoms with Gasteiger partial charge in [0.25, 0.3) is 0 Å². The molecule has 2 aliphatic rings. The molecule has 32 heavy (non-hydrogen) atoms. The van der Waals surface area contributed by atoms with E-state index in [-0.39, 0.29) is 0 Å². The minimum Gasteiger partial charge on any atom is -0.495 e. The molecular formula is C24H31F2N5O. The molecule has 2 N–H and O–H groups in total. The maximum Gasteiger partial charge on any atom is 0.191 e. The lowest BCUT2D eigenvalue weighted by Crippen LogP contribution is -2.46. The zero-order valence-electron chi connectivity index (χ0n) is 18.7. The van der Waals surface area contributed by atoms with Gasteiger partial charge < -0.3 is 25.2 Å². The highest BCUT2D eigenvalue weighted by Crippen LogP contribution is 2.30. The third-order valence-corrected chi connectivity index (χ3v) is 6.29. The van der Waals surface area contributed by atoms with Gasteiger partial charge in [-0.1, -0.05) is 12.1 Å². The number of nitrogens with one attached hydrogen (secondary N) is 2. The molecule has 8 heteroatoms. The molecule has 2 aliphatic heterocycles. The number of guanidine groups is 1. The lowest BCUT2D eigenvalue weighted by molar-refractivity contribution is 0.415. The maximum atomic E-state index is 13.6. The summed E-state index contributed by atoms with van der Waals surface area (Å²) in [6.07, 6.45) is 2.01. The van der Waals surface area contributed by atoms with Crippen LogP contribution in [0.2, 0.25) is 0 Å². The fourth-order valence-electron chi connectivity index (χ4n) is 4.53. The summed E-state index contributed by atoms with van der Waals surface area (Å²) in [5, 5.41) is 6.98. The van der Waals surface area contributed by atoms with E-state index in [0.717, 1.165) is 68.6 Å². The zero-order valence-corrected chi connectivity index (χ0v) is 18.7. The van der Waals surface area contributed by atoms with Crippen molar-refractivity contribution in [1.82, 2.24) is 10.6 Å². The van der Waals surface area contributed by atoms with Gasteiger partial charge in [0.2, 0.25) is 0 Å². The summed E-state index contributed by atoms with van der Waals surface area (Å²) in [7, 11) is 3.48. The quantitative estimate of drug-likeness (QED) is 0.530. The van der Waals surface area contributed by atoms with Gasteiger partial charge >= 0.3 is 0 Å². The second kappa shape index (κ2) is 10.1. The summed E-state index contributed by atoms with van der Waals surface area (Å²) >= 11 is 0. The molecule has 0 spiro atoms. The minimum absolute atomic E-state index is 0.299. The van der Waals surface area contributed by atoms with Gasteiger partial charge in [0.05, 0.1) is 12.8 Å². The fourth-order valence-corrected chi connectivity index (χ4v) is 4.53. The van der Waals surface area contributed by atoms with Crippen LogP contribution in [0.4, 0.5) is 20.2 Å². The van der Waals surface area contributed by atoms with E-state index >= 15 is 0 Å². The lowest BCUT2D eigenvalue weighted by Gasteiger charge is -2.23. The zero-order chi connectivity index (χ0) is 22.5. The van der Waals surface area contributed by atoms with E-state index in [1.165, 1.54) is 12.1 Å². The van der Waals surface area contributed by atoms with Gasteiger partial charge in [0.1, 0.15) is 5.75 Å². The highest BCUT2D eigenvalue weighted by Gasteiger charge is 2.26. The standard InChI is InChI=1S/C24H31F2N5O/c1-27-24(29-18-10-12-31(16-18)22-5-3-4-6-23(22)32-2)28-14-17-9-11-30(15-17)19-7-8-20(25)21(26)13-19/h3-8,13,17-18H,9-12,14-16H2,1-2H3,(H2,27,28,29). The molecular weight excluding hydrogens is 412 g/mol. The molecule has 0 radical (unpaired) electrons. The van der Waals surface area contributed by atoms with Crippen LogP contribution < -0.4 is 25.2 Å². The number of anilines is 2. The van der Waals surface area contributed by atoms with E-state index in [9.17, 15) is 8.78 Å². The molecule has 2 saturated heterocycles. The molecule has 0 aromatic heterocycles. The molecule has 0 amide bonds. The van der Waals surface area contributed by atoms with Gasteiger partial charge in [0, 0.05) is 57.6 Å². The van der Waals surface area contributed by atoms with Crippen LogP contribution in [0.25, 0.3) is 0 Å². The highest BCUT2D eigenvalue weighted by molar-refractivity contribution is 5.80. The maximum absolute atomic E-state index is 13.6. The van der Waals surface area contributed by atoms with E-state index in [2.05, 4.69) is 31.5 Å². The van der Waals surface area contributed by atoms with Crippen molar-refractivity contribution in [3.8, 4) is 5.75 Å². The Bertz CT molecular complexity index is 954. The Morgan fingerprint density at radius 2 is 1.88 bits per heavy atom. The summed E-state index contributed by atoms with van der Waals surface area (Å²) in [4.78, 5) is 8.83. The second-order valence-corrected chi connectivity index (χ2v) is 8.40. The van der Waals surface area contributed by atoms with E-state index in [1.807, 2.05) is 18.2 Å². The van der Waals surface area contributed by atoms with Crippen molar-refractivity contribution in [2.75, 3.05) is 56.7 Å². The van der Waals surface area contributed by atoms with Crippen LogP contribution in [0.1, 0.15) is 12.8 Å². The molecule has 2 atom stereocenters. The summed E-state index contributed by atoms with van der Waals surface area (Å²) < 4.78 is 32.3. The molecule has 2 aromatic carbocycles. The third kappa shape index (κ3) is 5.06. The molecule has 0 aliphatic carbocycles. The molecule has 4 rings (SSSR count). The lowest BCUT2D eigenvalue weighted by atomic mass is 10.1. The number of methoxy groups -OCH3 is 1. The summed E-state index contributed by atoms with van der Waals surface area (Å²) in [5.41, 5.74) is 1.85. The number of rotatable bonds is 6. The largest absolute Gasteiger partial charge is 0.495 e. The van der Waals surface area contributed by atoms with Crippen molar-refractivity contribution in [2.45, 2.75) is 18.9 Å². The molecule has 2 fully saturated rings. The predicted molar refractivity (Wildman–Crippen MR) is 125 cm³/mol. The van der Waals surface area contributed by atoms with Crippen LogP contribution in [-0.2, 0) is 0 Å². The molecule has 2 heterocycles. The molecule has 2 aromatic rings. The second-order valence-electron chi connectivity index (χ2n) is 8.40. The Labute approximate surface area is 188 Å². The van der Waals surface area contributed by atoms with Crippen LogP contribution in [0.15, 0.2) is 47.5 Å². The summed E-state index contributed by atoms with van der Waals surface area (Å²) in [5.74, 6) is 0.491. The smallest absolute Gasteiger partial charge is 0.191 e. The van der Waals surface area contributed by atoms with Crippen LogP contribution >= 0.6 is 0 Å². The summed E-state index contributed by atoms with van der Waals surface area (Å²) in [6, 6.07) is 12.5. The fraction of sp³-hybridized carbons (Fsp3) is 0.458. The van der Waals surface area contributed by atoms with Crippen molar-refractivity contribution in [3.05, 3.63) is 54.1 Å². The van der Waals surface area contributed by atoms with Gasteiger partial charge in [0.15, 0.2) is 17.6 Å². The van der Waals surface area contributed by atoms with Gasteiger partial charge in [-0.25, -0.2) is 8.78 Å². The molecule has 2 unspecified atom stereocenters. The van der Waals surface area contributed by atoms with E-state index in [0.29, 0.717) is 12.0 Å². The van der Waals surface area contributed by atoms with Crippen LogP contribution in [-0.4, -0.2) is 58.9 Å². The van der Waals surface area contributed by atoms with E-state index < -0.39 is 11.6 Å². The van der Waals surface area contributed by atoms with Crippen molar-refractivity contribution < 1.29 is 13.5 Å². The first-order chi connectivity index (χ1) is 15.6. The molecule has 6 nitrogen and oxygen atoms in total. The SMILES string of the molecule is CN=C(NCC1CCN(c2ccc(F)c(F)c2)C1)NC1CCN(c2ccccc2OC)C1. The van der Waals surface area contributed by atoms with Crippen molar-refractivity contribution >= 4 is 17.3 Å². The van der Waals surface area contributed by atoms with E-state index in [1.54, 1.807) is 20.2 Å². The molecule has 0 bridgehead atoms. The number of ether oxygens (including phenoxy) is 1. The number of aliphatic imine (C=N–C) groups is 1. The van der Waals surface area contributed by atoms with Crippen LogP contribution in [0, 0.1) is 17.6 Å². The number of halogens is 2. The normalized spacial score (nSPS) is 21.2. The number of hydrogen-bond donors (Lipinski definition) is 2. The number of hydrogen-bond acceptors (Lipinski definition) is 4. The van der Waals surface area contributed by atoms with Crippen LogP contribution in [0.5, 0.6) is 5.75 Å². The molecule has 172 valence electrons. The van der Waals surface area contributed by atoms with Crippen molar-refractivity contribution in [3.63, 3.8) is 0 Å². The number of para-hydroxylation sites is 2. The Morgan fingerprint density at radius 3 is 2.66 bits per heavy atom. The van der Waals surface area contributed by atoms with Gasteiger partial charge in [-0.15, -0.1) is 0 Å². The Hall–Kier alpha value is -3.03. The van der Waals surface area contributed by atoms with Gasteiger partial charge in [-0.05, 0) is 43.0 Å². The first-order valence-electron chi connectivity index (χ1n) is 11.1. The number of benzene rings is 2. The topological polar surface area (TPSA) is 52.1 Å². The first kappa shape index (κ1) is 22.2. The molecule has 0 saturated carbocycles. The van der Waals surface area contributed by atoms with Crippen molar-refractivity contribution in [1.29, 1.82) is 0 Å². The average Bonchev–Trinajstić information content (AvgIpc) is 3.48. The van der Waals surface area contributed by atoms with Crippen molar-refractivity contribution in [2.24, 2.45) is 10.9 Å². The predicted octanol–water partition coefficient (Wildman–Crippen LogP) is 3.24. The first-order valence-corrected chi connectivity index (χ1v) is 11.1. The third-order valence-electron chi connectivity index (χ3n) is 6.29. The average molecular weight is 444 g/mol. The number of nitrogens with zero attached hydrogens (tertiary/aromatic N) is 3. The monoisotopic (exact) mass is 443 g/mol. The Morgan fingerprint density at radius 1 is 1.06 bits per heavy atom. The Balaban J connectivity index is 1.25. The Kier molecular flexibility index (Phi) is 6.97. The van der Waals surface area contributed by atoms with Gasteiger partial charge in [-0.2, -0.15) is 0 Å². The summed E-state index contributed by atoms with van der Waals surface area (Å²) in [6.45, 7) is 4.26. The minimum atomic E-state index is -0.808.